The van der Waals surface area contributed by atoms with Gasteiger partial charge in [0.2, 0.25) is 10.0 Å². The van der Waals surface area contributed by atoms with E-state index in [0.717, 1.165) is 25.5 Å². The molecule has 1 unspecified atom stereocenters. The summed E-state index contributed by atoms with van der Waals surface area (Å²) in [5.41, 5.74) is 0.214. The Morgan fingerprint density at radius 1 is 1.43 bits per heavy atom. The summed E-state index contributed by atoms with van der Waals surface area (Å²) in [5, 5.41) is 7.67. The molecule has 0 aromatic carbocycles. The van der Waals surface area contributed by atoms with Gasteiger partial charge in [-0.25, -0.2) is 13.1 Å². The fourth-order valence-electron chi connectivity index (χ4n) is 2.30. The van der Waals surface area contributed by atoms with E-state index in [1.807, 2.05) is 0 Å². The molecule has 0 bridgehead atoms. The highest BCUT2D eigenvalue weighted by atomic mass is 35.5. The number of nitrogens with one attached hydrogen (secondary N) is 1. The van der Waals surface area contributed by atoms with E-state index in [-0.39, 0.29) is 29.3 Å². The Morgan fingerprint density at radius 3 is 2.81 bits per heavy atom. The third-order valence-corrected chi connectivity index (χ3v) is 4.21. The number of piperidine rings is 1. The fourth-order valence-corrected chi connectivity index (χ4v) is 2.90. The standard InChI is InChI=1S/C12H17ClN4O3S/c1-21(19,20)14-8-9-4-2-3-7-17(9)12(18)10-5-6-11(13)16-15-10/h5-6,9,14H,2-4,7-8H2,1H3. The van der Waals surface area contributed by atoms with Crippen LogP contribution in [0.5, 0.6) is 0 Å². The van der Waals surface area contributed by atoms with E-state index in [1.54, 1.807) is 4.90 Å². The van der Waals surface area contributed by atoms with Crippen LogP contribution in [-0.2, 0) is 10.0 Å². The topological polar surface area (TPSA) is 92.3 Å². The maximum atomic E-state index is 12.4. The van der Waals surface area contributed by atoms with E-state index < -0.39 is 10.0 Å². The van der Waals surface area contributed by atoms with E-state index in [4.69, 9.17) is 11.6 Å². The van der Waals surface area contributed by atoms with Crippen molar-refractivity contribution < 1.29 is 13.2 Å². The summed E-state index contributed by atoms with van der Waals surface area (Å²) in [5.74, 6) is -0.251. The molecule has 0 radical (unpaired) electrons. The minimum atomic E-state index is -3.28. The third kappa shape index (κ3) is 4.62. The van der Waals surface area contributed by atoms with Crippen LogP contribution in [-0.4, -0.2) is 54.8 Å². The monoisotopic (exact) mass is 332 g/mol. The van der Waals surface area contributed by atoms with Gasteiger partial charge in [-0.2, -0.15) is 0 Å². The van der Waals surface area contributed by atoms with E-state index in [0.29, 0.717) is 6.54 Å². The summed E-state index contributed by atoms with van der Waals surface area (Å²) in [6.07, 6.45) is 3.72. The first kappa shape index (κ1) is 16.1. The summed E-state index contributed by atoms with van der Waals surface area (Å²) in [7, 11) is -3.28. The van der Waals surface area contributed by atoms with E-state index >= 15 is 0 Å². The molecule has 1 aromatic rings. The molecular weight excluding hydrogens is 316 g/mol. The SMILES string of the molecule is CS(=O)(=O)NCC1CCCCN1C(=O)c1ccc(Cl)nn1. The van der Waals surface area contributed by atoms with Crippen molar-refractivity contribution in [3.8, 4) is 0 Å². The van der Waals surface area contributed by atoms with Crippen LogP contribution >= 0.6 is 11.6 Å². The molecule has 2 rings (SSSR count). The number of rotatable bonds is 4. The number of amides is 1. The Hall–Kier alpha value is -1.25. The lowest BCUT2D eigenvalue weighted by molar-refractivity contribution is 0.0611. The zero-order chi connectivity index (χ0) is 15.5. The fraction of sp³-hybridized carbons (Fsp3) is 0.583. The molecule has 0 aliphatic carbocycles. The number of sulfonamides is 1. The average Bonchev–Trinajstić information content (AvgIpc) is 2.45. The second-order valence-corrected chi connectivity index (χ2v) is 7.23. The first-order valence-electron chi connectivity index (χ1n) is 6.61. The van der Waals surface area contributed by atoms with Crippen LogP contribution in [0.25, 0.3) is 0 Å². The maximum Gasteiger partial charge on any atom is 0.274 e. The van der Waals surface area contributed by atoms with Crippen LogP contribution < -0.4 is 4.72 Å². The highest BCUT2D eigenvalue weighted by molar-refractivity contribution is 7.88. The summed E-state index contributed by atoms with van der Waals surface area (Å²) in [4.78, 5) is 14.1. The summed E-state index contributed by atoms with van der Waals surface area (Å²) >= 11 is 5.66. The van der Waals surface area contributed by atoms with Crippen molar-refractivity contribution in [2.75, 3.05) is 19.3 Å². The largest absolute Gasteiger partial charge is 0.333 e. The minimum absolute atomic E-state index is 0.168. The highest BCUT2D eigenvalue weighted by Gasteiger charge is 2.28. The Morgan fingerprint density at radius 2 is 2.19 bits per heavy atom. The first-order chi connectivity index (χ1) is 9.87. The molecule has 1 saturated heterocycles. The number of halogens is 1. The van der Waals surface area contributed by atoms with Gasteiger partial charge in [0.05, 0.1) is 6.26 Å². The van der Waals surface area contributed by atoms with Crippen LogP contribution in [0.1, 0.15) is 29.8 Å². The third-order valence-electron chi connectivity index (χ3n) is 3.32. The molecule has 0 saturated carbocycles. The number of hydrogen-bond acceptors (Lipinski definition) is 5. The molecule has 1 N–H and O–H groups in total. The van der Waals surface area contributed by atoms with Crippen molar-refractivity contribution in [3.05, 3.63) is 23.0 Å². The van der Waals surface area contributed by atoms with Gasteiger partial charge < -0.3 is 4.90 Å². The first-order valence-corrected chi connectivity index (χ1v) is 8.88. The van der Waals surface area contributed by atoms with Crippen molar-refractivity contribution in [2.24, 2.45) is 0 Å². The molecule has 2 heterocycles. The van der Waals surface area contributed by atoms with Gasteiger partial charge in [0.1, 0.15) is 0 Å². The summed E-state index contributed by atoms with van der Waals surface area (Å²) in [6, 6.07) is 2.86. The van der Waals surface area contributed by atoms with Crippen LogP contribution in [0.3, 0.4) is 0 Å². The van der Waals surface area contributed by atoms with Crippen LogP contribution in [0, 0.1) is 0 Å². The van der Waals surface area contributed by atoms with Crippen LogP contribution in [0.15, 0.2) is 12.1 Å². The molecular formula is C12H17ClN4O3S. The molecule has 1 amide bonds. The lowest BCUT2D eigenvalue weighted by atomic mass is 10.0. The van der Waals surface area contributed by atoms with Crippen molar-refractivity contribution in [1.82, 2.24) is 19.8 Å². The second-order valence-electron chi connectivity index (χ2n) is 5.01. The number of hydrogen-bond donors (Lipinski definition) is 1. The predicted octanol–water partition coefficient (Wildman–Crippen LogP) is 0.674. The molecule has 0 spiro atoms. The zero-order valence-corrected chi connectivity index (χ0v) is 13.2. The van der Waals surface area contributed by atoms with Gasteiger partial charge in [-0.05, 0) is 31.4 Å². The lowest BCUT2D eigenvalue weighted by Crippen LogP contribution is -2.49. The number of likely N-dealkylation sites (tertiary alicyclic amines) is 1. The molecule has 1 fully saturated rings. The molecule has 1 aliphatic rings. The van der Waals surface area contributed by atoms with E-state index in [1.165, 1.54) is 12.1 Å². The van der Waals surface area contributed by atoms with Crippen LogP contribution in [0.4, 0.5) is 0 Å². The number of aromatic nitrogens is 2. The quantitative estimate of drug-likeness (QED) is 0.875. The molecule has 116 valence electrons. The van der Waals surface area contributed by atoms with Gasteiger partial charge in [0.15, 0.2) is 10.8 Å². The van der Waals surface area contributed by atoms with Crippen molar-refractivity contribution >= 4 is 27.5 Å². The second kappa shape index (κ2) is 6.67. The predicted molar refractivity (Wildman–Crippen MR) is 78.6 cm³/mol. The smallest absolute Gasteiger partial charge is 0.274 e. The van der Waals surface area contributed by atoms with E-state index in [2.05, 4.69) is 14.9 Å². The normalized spacial score (nSPS) is 19.5. The number of carbonyl (C=O) groups is 1. The van der Waals surface area contributed by atoms with Gasteiger partial charge >= 0.3 is 0 Å². The Kier molecular flexibility index (Phi) is 5.13. The van der Waals surface area contributed by atoms with Crippen molar-refractivity contribution in [1.29, 1.82) is 0 Å². The summed E-state index contributed by atoms with van der Waals surface area (Å²) < 4.78 is 24.9. The number of carbonyl (C=O) groups excluding carboxylic acids is 1. The Labute approximate surface area is 128 Å². The van der Waals surface area contributed by atoms with Crippen LogP contribution in [0.2, 0.25) is 5.15 Å². The van der Waals surface area contributed by atoms with Gasteiger partial charge in [0, 0.05) is 19.1 Å². The van der Waals surface area contributed by atoms with Gasteiger partial charge in [-0.1, -0.05) is 11.6 Å². The highest BCUT2D eigenvalue weighted by Crippen LogP contribution is 2.19. The minimum Gasteiger partial charge on any atom is -0.333 e. The van der Waals surface area contributed by atoms with Crippen molar-refractivity contribution in [2.45, 2.75) is 25.3 Å². The average molecular weight is 333 g/mol. The molecule has 1 aliphatic heterocycles. The molecule has 1 aromatic heterocycles. The maximum absolute atomic E-state index is 12.4. The van der Waals surface area contributed by atoms with Crippen molar-refractivity contribution in [3.63, 3.8) is 0 Å². The number of nitrogens with zero attached hydrogens (tertiary/aromatic N) is 3. The van der Waals surface area contributed by atoms with Gasteiger partial charge in [-0.15, -0.1) is 10.2 Å². The van der Waals surface area contributed by atoms with Gasteiger partial charge in [0.25, 0.3) is 5.91 Å². The molecule has 1 atom stereocenters. The zero-order valence-electron chi connectivity index (χ0n) is 11.6. The Bertz CT molecular complexity index is 605. The molecule has 9 heteroatoms. The molecule has 7 nitrogen and oxygen atoms in total. The Balaban J connectivity index is 2.10. The van der Waals surface area contributed by atoms with E-state index in [9.17, 15) is 13.2 Å². The molecule has 21 heavy (non-hydrogen) atoms. The lowest BCUT2D eigenvalue weighted by Gasteiger charge is -2.35. The van der Waals surface area contributed by atoms with Gasteiger partial charge in [-0.3, -0.25) is 4.79 Å². The summed E-state index contributed by atoms with van der Waals surface area (Å²) in [6.45, 7) is 0.796.